The molecule has 0 radical (unpaired) electrons. The quantitative estimate of drug-likeness (QED) is 0.170. The number of fused-ring (bicyclic) bond motifs is 6. The Balaban J connectivity index is 0.000000158. The van der Waals surface area contributed by atoms with Gasteiger partial charge < -0.3 is 19.3 Å². The second-order valence-electron chi connectivity index (χ2n) is 14.8. The number of aromatic nitrogens is 2. The molecule has 0 saturated heterocycles. The van der Waals surface area contributed by atoms with Gasteiger partial charge in [-0.1, -0.05) is 97.1 Å². The average molecular weight is 755 g/mol. The van der Waals surface area contributed by atoms with Gasteiger partial charge in [0, 0.05) is 46.3 Å². The van der Waals surface area contributed by atoms with Crippen LogP contribution in [0.3, 0.4) is 0 Å². The monoisotopic (exact) mass is 754 g/mol. The highest BCUT2D eigenvalue weighted by Gasteiger charge is 2.42. The van der Waals surface area contributed by atoms with Gasteiger partial charge >= 0.3 is 18.1 Å². The summed E-state index contributed by atoms with van der Waals surface area (Å²) < 4.78 is 44.1. The Morgan fingerprint density at radius 1 is 0.589 bits per heavy atom. The highest BCUT2D eigenvalue weighted by molar-refractivity contribution is 5.92. The molecule has 7 aromatic rings. The summed E-state index contributed by atoms with van der Waals surface area (Å²) in [5.74, 6) is -3.19. The number of aryl methyl sites for hydroxylation is 1. The second kappa shape index (κ2) is 15.2. The molecule has 2 aliphatic rings. The van der Waals surface area contributed by atoms with Gasteiger partial charge in [-0.05, 0) is 103 Å². The van der Waals surface area contributed by atoms with Crippen LogP contribution in [0.25, 0.3) is 32.9 Å². The van der Waals surface area contributed by atoms with Crippen LogP contribution in [-0.2, 0) is 38.8 Å². The summed E-state index contributed by atoms with van der Waals surface area (Å²) in [5, 5.41) is 21.2. The second-order valence-corrected chi connectivity index (χ2v) is 14.8. The SMILES string of the molecule is O=C(O)c1ccccc1Cn1c2c(c3ccc(-c4ccccc4)cc31)CCCC2.O=C(O)c1ccccc1Cn1c2c(c3ccccc31)CC(C(F)(F)F)CC2. The Kier molecular flexibility index (Phi) is 10.0. The zero-order valence-corrected chi connectivity index (χ0v) is 30.7. The zero-order valence-electron chi connectivity index (χ0n) is 30.7. The number of halogens is 3. The lowest BCUT2D eigenvalue weighted by molar-refractivity contribution is -0.177. The highest BCUT2D eigenvalue weighted by Crippen LogP contribution is 2.41. The molecule has 0 aliphatic heterocycles. The molecule has 0 fully saturated rings. The van der Waals surface area contributed by atoms with Gasteiger partial charge in [0.05, 0.1) is 17.0 Å². The third-order valence-electron chi connectivity index (χ3n) is 11.5. The Morgan fingerprint density at radius 3 is 1.80 bits per heavy atom. The normalized spacial score (nSPS) is 15.2. The van der Waals surface area contributed by atoms with Crippen molar-refractivity contribution in [2.45, 2.75) is 64.2 Å². The first-order valence-electron chi connectivity index (χ1n) is 19.1. The molecule has 284 valence electrons. The maximum Gasteiger partial charge on any atom is 0.392 e. The van der Waals surface area contributed by atoms with Crippen LogP contribution in [0.2, 0.25) is 0 Å². The third-order valence-corrected chi connectivity index (χ3v) is 11.5. The summed E-state index contributed by atoms with van der Waals surface area (Å²) in [6, 6.07) is 38.7. The predicted octanol–water partition coefficient (Wildman–Crippen LogP) is 11.0. The van der Waals surface area contributed by atoms with Gasteiger partial charge in [0.25, 0.3) is 0 Å². The van der Waals surface area contributed by atoms with Crippen LogP contribution >= 0.6 is 0 Å². The molecule has 0 saturated carbocycles. The summed E-state index contributed by atoms with van der Waals surface area (Å²) in [7, 11) is 0. The van der Waals surface area contributed by atoms with Crippen LogP contribution in [0, 0.1) is 5.92 Å². The van der Waals surface area contributed by atoms with Crippen LogP contribution in [0.1, 0.15) is 73.6 Å². The van der Waals surface area contributed by atoms with E-state index in [0.717, 1.165) is 40.6 Å². The Morgan fingerprint density at radius 2 is 1.14 bits per heavy atom. The van der Waals surface area contributed by atoms with Crippen molar-refractivity contribution in [2.75, 3.05) is 0 Å². The molecule has 0 amide bonds. The van der Waals surface area contributed by atoms with E-state index in [2.05, 4.69) is 47.0 Å². The number of carboxylic acid groups (broad SMARTS) is 2. The highest BCUT2D eigenvalue weighted by atomic mass is 19.4. The molecule has 0 bridgehead atoms. The Hall–Kier alpha value is -6.09. The van der Waals surface area contributed by atoms with Crippen LogP contribution in [0.5, 0.6) is 0 Å². The van der Waals surface area contributed by atoms with E-state index in [-0.39, 0.29) is 18.4 Å². The van der Waals surface area contributed by atoms with Crippen molar-refractivity contribution in [2.24, 2.45) is 5.92 Å². The molecule has 5 aromatic carbocycles. The fourth-order valence-corrected chi connectivity index (χ4v) is 8.76. The maximum absolute atomic E-state index is 13.3. The van der Waals surface area contributed by atoms with Crippen molar-refractivity contribution in [3.63, 3.8) is 0 Å². The fraction of sp³-hybridized carbons (Fsp3) is 0.234. The van der Waals surface area contributed by atoms with Gasteiger partial charge in [-0.15, -0.1) is 0 Å². The minimum atomic E-state index is -4.20. The minimum Gasteiger partial charge on any atom is -0.478 e. The first-order valence-corrected chi connectivity index (χ1v) is 19.1. The number of alkyl halides is 3. The van der Waals surface area contributed by atoms with Crippen molar-refractivity contribution in [1.82, 2.24) is 9.13 Å². The smallest absolute Gasteiger partial charge is 0.392 e. The van der Waals surface area contributed by atoms with Gasteiger partial charge in [0.15, 0.2) is 0 Å². The van der Waals surface area contributed by atoms with Crippen molar-refractivity contribution >= 4 is 33.7 Å². The zero-order chi connectivity index (χ0) is 39.0. The number of hydrogen-bond donors (Lipinski definition) is 2. The largest absolute Gasteiger partial charge is 0.478 e. The number of benzene rings is 5. The van der Waals surface area contributed by atoms with Crippen LogP contribution in [0.15, 0.2) is 121 Å². The Labute approximate surface area is 322 Å². The van der Waals surface area contributed by atoms with E-state index in [1.807, 2.05) is 47.0 Å². The van der Waals surface area contributed by atoms with Crippen molar-refractivity contribution < 1.29 is 33.0 Å². The summed E-state index contributed by atoms with van der Waals surface area (Å²) in [5.41, 5.74) is 11.0. The molecular weight excluding hydrogens is 714 g/mol. The lowest BCUT2D eigenvalue weighted by atomic mass is 9.86. The molecule has 1 atom stereocenters. The first-order chi connectivity index (χ1) is 27.1. The van der Waals surface area contributed by atoms with E-state index in [4.69, 9.17) is 0 Å². The maximum atomic E-state index is 13.3. The molecule has 9 rings (SSSR count). The number of rotatable bonds is 7. The Bertz CT molecular complexity index is 2580. The number of hydrogen-bond acceptors (Lipinski definition) is 2. The van der Waals surface area contributed by atoms with E-state index >= 15 is 0 Å². The molecule has 6 nitrogen and oxygen atoms in total. The van der Waals surface area contributed by atoms with Crippen LogP contribution < -0.4 is 0 Å². The van der Waals surface area contributed by atoms with E-state index in [1.54, 1.807) is 36.4 Å². The van der Waals surface area contributed by atoms with Crippen LogP contribution in [0.4, 0.5) is 13.2 Å². The lowest BCUT2D eigenvalue weighted by Crippen LogP contribution is -2.29. The summed E-state index contributed by atoms with van der Waals surface area (Å²) in [6.45, 7) is 0.918. The van der Waals surface area contributed by atoms with E-state index < -0.39 is 24.0 Å². The van der Waals surface area contributed by atoms with Crippen molar-refractivity contribution in [1.29, 1.82) is 0 Å². The summed E-state index contributed by atoms with van der Waals surface area (Å²) >= 11 is 0. The number of nitrogens with zero attached hydrogens (tertiary/aromatic N) is 2. The summed E-state index contributed by atoms with van der Waals surface area (Å²) in [6.07, 6.45) is 0.748. The number of aromatic carboxylic acids is 2. The van der Waals surface area contributed by atoms with Gasteiger partial charge in [-0.3, -0.25) is 0 Å². The van der Waals surface area contributed by atoms with Gasteiger partial charge in [0.2, 0.25) is 0 Å². The molecule has 2 heterocycles. The molecular formula is C47H41F3N2O4. The van der Waals surface area contributed by atoms with E-state index in [0.29, 0.717) is 30.6 Å². The van der Waals surface area contributed by atoms with Crippen molar-refractivity contribution in [3.05, 3.63) is 166 Å². The molecule has 56 heavy (non-hydrogen) atoms. The number of carbonyl (C=O) groups is 2. The summed E-state index contributed by atoms with van der Waals surface area (Å²) in [4.78, 5) is 23.3. The number of carboxylic acids is 2. The van der Waals surface area contributed by atoms with Crippen molar-refractivity contribution in [3.8, 4) is 11.1 Å². The molecule has 1 unspecified atom stereocenters. The molecule has 2 aliphatic carbocycles. The van der Waals surface area contributed by atoms with Gasteiger partial charge in [-0.2, -0.15) is 13.2 Å². The standard InChI is InChI=1S/C26H23NO2.C21H18F3NO2/c28-26(29)21-11-5-4-10-20(21)17-27-24-13-7-6-12-22(24)23-15-14-19(16-25(23)27)18-8-2-1-3-9-18;22-21(23,24)14-9-10-19-17(11-14)16-7-3-4-8-18(16)25(19)12-13-5-1-2-6-15(13)20(26)27/h1-5,8-11,14-16H,6-7,12-13,17H2,(H,28,29);1-8,14H,9-12H2,(H,26,27). The van der Waals surface area contributed by atoms with Gasteiger partial charge in [-0.25, -0.2) is 9.59 Å². The van der Waals surface area contributed by atoms with E-state index in [9.17, 15) is 33.0 Å². The fourth-order valence-electron chi connectivity index (χ4n) is 8.76. The molecule has 2 aromatic heterocycles. The molecule has 0 spiro atoms. The molecule has 9 heteroatoms. The first kappa shape index (κ1) is 36.9. The van der Waals surface area contributed by atoms with E-state index in [1.165, 1.54) is 46.1 Å². The number of para-hydroxylation sites is 1. The predicted molar refractivity (Wildman–Crippen MR) is 213 cm³/mol. The molecule has 2 N–H and O–H groups in total. The average Bonchev–Trinajstić information content (AvgIpc) is 3.69. The third kappa shape index (κ3) is 7.09. The minimum absolute atomic E-state index is 0.0209. The topological polar surface area (TPSA) is 84.5 Å². The van der Waals surface area contributed by atoms with Gasteiger partial charge in [0.1, 0.15) is 0 Å². The van der Waals surface area contributed by atoms with Crippen LogP contribution in [-0.4, -0.2) is 37.5 Å². The lowest BCUT2D eigenvalue weighted by Gasteiger charge is -2.26.